The standard InChI is InChI=1S/C20H25N3O2S.C20H21NO2.C15H15ClN2O2/c1-12(2)21-19-23-17(11-26-19)16-10-18(25-20(3,4)5)14-8-7-13(24-6)9-15(14)22-16;1-20(2,3)23-19-13-17(14-8-6-5-7-9-14)21-18-12-15(22-4)10-11-16(18)19;1-15(2,3)20-12-7-9(8-17)18-14-10(12)5-6-11(19-4)13(14)16/h7-12H,1-6H3,(H,21,23);5-13H,1-4H3;5-7H,1-4H3. The first-order chi connectivity index (χ1) is 32.6. The highest BCUT2D eigenvalue weighted by molar-refractivity contribution is 7.14. The number of anilines is 1. The fourth-order valence-corrected chi connectivity index (χ4v) is 8.00. The van der Waals surface area contributed by atoms with Crippen molar-refractivity contribution in [2.45, 2.75) is 99.0 Å². The zero-order chi connectivity index (χ0) is 50.3. The Kier molecular flexibility index (Phi) is 16.1. The van der Waals surface area contributed by atoms with Crippen LogP contribution in [0.25, 0.3) is 55.4 Å². The van der Waals surface area contributed by atoms with Gasteiger partial charge in [-0.25, -0.2) is 19.9 Å². The van der Waals surface area contributed by atoms with E-state index in [1.165, 1.54) is 7.11 Å². The highest BCUT2D eigenvalue weighted by atomic mass is 35.5. The molecule has 0 unspecified atom stereocenters. The first kappa shape index (κ1) is 51.5. The summed E-state index contributed by atoms with van der Waals surface area (Å²) in [5, 5.41) is 18.4. The zero-order valence-electron chi connectivity index (χ0n) is 41.9. The summed E-state index contributed by atoms with van der Waals surface area (Å²) < 4.78 is 34.1. The van der Waals surface area contributed by atoms with Crippen LogP contribution in [0, 0.1) is 11.3 Å². The number of fused-ring (bicyclic) bond motifs is 3. The van der Waals surface area contributed by atoms with Crippen molar-refractivity contribution in [2.75, 3.05) is 26.6 Å². The molecule has 8 aromatic rings. The van der Waals surface area contributed by atoms with Crippen LogP contribution in [0.15, 0.2) is 102 Å². The Bertz CT molecular complexity index is 3100. The van der Waals surface area contributed by atoms with Crippen LogP contribution < -0.4 is 33.7 Å². The third-order valence-electron chi connectivity index (χ3n) is 9.64. The summed E-state index contributed by atoms with van der Waals surface area (Å²) in [6.45, 7) is 22.3. The number of rotatable bonds is 10. The number of nitrogens with zero attached hydrogens (tertiary/aromatic N) is 5. The lowest BCUT2D eigenvalue weighted by Crippen LogP contribution is -2.23. The number of benzene rings is 4. The van der Waals surface area contributed by atoms with E-state index in [0.717, 1.165) is 78.0 Å². The monoisotopic (exact) mass is 968 g/mol. The minimum atomic E-state index is -0.382. The van der Waals surface area contributed by atoms with Gasteiger partial charge >= 0.3 is 0 Å². The number of hydrogen-bond donors (Lipinski definition) is 1. The fourth-order valence-electron chi connectivity index (χ4n) is 6.87. The molecule has 69 heavy (non-hydrogen) atoms. The van der Waals surface area contributed by atoms with Crippen molar-refractivity contribution in [2.24, 2.45) is 0 Å². The van der Waals surface area contributed by atoms with Crippen molar-refractivity contribution in [1.82, 2.24) is 19.9 Å². The zero-order valence-corrected chi connectivity index (χ0v) is 43.4. The van der Waals surface area contributed by atoms with Crippen molar-refractivity contribution >= 4 is 60.8 Å². The van der Waals surface area contributed by atoms with Gasteiger partial charge in [0.2, 0.25) is 0 Å². The maximum atomic E-state index is 9.09. The molecule has 0 aliphatic heterocycles. The van der Waals surface area contributed by atoms with Crippen LogP contribution in [0.5, 0.6) is 34.5 Å². The second-order valence-electron chi connectivity index (χ2n) is 19.2. The summed E-state index contributed by atoms with van der Waals surface area (Å²) in [5.41, 5.74) is 5.07. The van der Waals surface area contributed by atoms with E-state index in [4.69, 9.17) is 55.3 Å². The molecule has 4 aromatic carbocycles. The molecule has 0 saturated carbocycles. The molecule has 12 nitrogen and oxygen atoms in total. The Morgan fingerprint density at radius 1 is 0.565 bits per heavy atom. The molecule has 0 atom stereocenters. The SMILES string of the molecule is COc1ccc2c(OC(C)(C)C)cc(-c3ccccc3)nc2c1.COc1ccc2c(OC(C)(C)C)cc(-c3csc(NC(C)C)n3)nc2c1.COc1ccc2c(OC(C)(C)C)cc(C#N)nc2c1Cl. The molecule has 4 heterocycles. The largest absolute Gasteiger partial charge is 0.497 e. The van der Waals surface area contributed by atoms with Crippen LogP contribution in [0.3, 0.4) is 0 Å². The third-order valence-corrected chi connectivity index (χ3v) is 10.8. The average molecular weight is 970 g/mol. The predicted molar refractivity (Wildman–Crippen MR) is 281 cm³/mol. The Labute approximate surface area is 414 Å². The third kappa shape index (κ3) is 13.9. The van der Waals surface area contributed by atoms with Crippen molar-refractivity contribution in [3.63, 3.8) is 0 Å². The van der Waals surface area contributed by atoms with Crippen molar-refractivity contribution < 1.29 is 28.4 Å². The van der Waals surface area contributed by atoms with E-state index in [-0.39, 0.29) is 22.5 Å². The summed E-state index contributed by atoms with van der Waals surface area (Å²) in [6, 6.07) is 33.4. The summed E-state index contributed by atoms with van der Waals surface area (Å²) in [7, 11) is 4.85. The first-order valence-electron chi connectivity index (χ1n) is 22.5. The van der Waals surface area contributed by atoms with Crippen molar-refractivity contribution in [3.8, 4) is 63.2 Å². The van der Waals surface area contributed by atoms with Gasteiger partial charge in [0.25, 0.3) is 0 Å². The van der Waals surface area contributed by atoms with E-state index in [1.54, 1.807) is 37.7 Å². The second-order valence-corrected chi connectivity index (χ2v) is 20.5. The maximum absolute atomic E-state index is 9.09. The minimum Gasteiger partial charge on any atom is -0.497 e. The second kappa shape index (κ2) is 21.6. The molecule has 0 fully saturated rings. The molecule has 0 bridgehead atoms. The minimum absolute atomic E-state index is 0.256. The number of methoxy groups -OCH3 is 3. The summed E-state index contributed by atoms with van der Waals surface area (Å²) >= 11 is 7.84. The average Bonchev–Trinajstić information content (AvgIpc) is 3.75. The highest BCUT2D eigenvalue weighted by Crippen LogP contribution is 2.39. The van der Waals surface area contributed by atoms with Gasteiger partial charge in [-0.3, -0.25) is 0 Å². The molecule has 0 spiro atoms. The van der Waals surface area contributed by atoms with E-state index in [0.29, 0.717) is 28.1 Å². The number of thiazole rings is 1. The Hall–Kier alpha value is -6.88. The Morgan fingerprint density at radius 2 is 1.07 bits per heavy atom. The fraction of sp³-hybridized carbons (Fsp3) is 0.327. The van der Waals surface area contributed by atoms with Crippen LogP contribution in [0.1, 0.15) is 81.9 Å². The Morgan fingerprint density at radius 3 is 1.57 bits per heavy atom. The molecule has 360 valence electrons. The van der Waals surface area contributed by atoms with Crippen LogP contribution >= 0.6 is 22.9 Å². The lowest BCUT2D eigenvalue weighted by molar-refractivity contribution is 0.132. The smallest absolute Gasteiger partial charge is 0.183 e. The molecule has 8 rings (SSSR count). The first-order valence-corrected chi connectivity index (χ1v) is 23.7. The van der Waals surface area contributed by atoms with Crippen LogP contribution in [-0.4, -0.2) is 64.1 Å². The number of nitrogens with one attached hydrogen (secondary N) is 1. The van der Waals surface area contributed by atoms with E-state index < -0.39 is 0 Å². The van der Waals surface area contributed by atoms with Gasteiger partial charge in [-0.2, -0.15) is 5.26 Å². The molecule has 14 heteroatoms. The molecule has 0 aliphatic carbocycles. The molecule has 0 radical (unpaired) electrons. The van der Waals surface area contributed by atoms with Gasteiger partial charge in [-0.1, -0.05) is 41.9 Å². The van der Waals surface area contributed by atoms with E-state index in [9.17, 15) is 0 Å². The molecule has 0 aliphatic rings. The van der Waals surface area contributed by atoms with Crippen LogP contribution in [0.2, 0.25) is 5.02 Å². The van der Waals surface area contributed by atoms with Crippen molar-refractivity contribution in [3.05, 3.63) is 113 Å². The van der Waals surface area contributed by atoms with Crippen LogP contribution in [0.4, 0.5) is 5.13 Å². The number of ether oxygens (including phenoxy) is 6. The van der Waals surface area contributed by atoms with E-state index in [1.807, 2.05) is 147 Å². The predicted octanol–water partition coefficient (Wildman–Crippen LogP) is 14.4. The van der Waals surface area contributed by atoms with Crippen LogP contribution in [-0.2, 0) is 0 Å². The molecule has 0 amide bonds. The Balaban J connectivity index is 0.000000172. The van der Waals surface area contributed by atoms with Gasteiger partial charge < -0.3 is 33.7 Å². The van der Waals surface area contributed by atoms with Gasteiger partial charge in [0.1, 0.15) is 73.8 Å². The number of hydrogen-bond acceptors (Lipinski definition) is 13. The summed E-state index contributed by atoms with van der Waals surface area (Å²) in [6.07, 6.45) is 0. The summed E-state index contributed by atoms with van der Waals surface area (Å²) in [4.78, 5) is 18.5. The lowest BCUT2D eigenvalue weighted by Gasteiger charge is -2.23. The van der Waals surface area contributed by atoms with Crippen molar-refractivity contribution in [1.29, 1.82) is 5.26 Å². The van der Waals surface area contributed by atoms with Gasteiger partial charge in [0.15, 0.2) is 5.13 Å². The normalized spacial score (nSPS) is 11.5. The quantitative estimate of drug-likeness (QED) is 0.139. The van der Waals surface area contributed by atoms with Gasteiger partial charge in [-0.15, -0.1) is 11.3 Å². The molecule has 0 saturated heterocycles. The van der Waals surface area contributed by atoms with Gasteiger partial charge in [0, 0.05) is 63.5 Å². The van der Waals surface area contributed by atoms with E-state index in [2.05, 4.69) is 41.3 Å². The van der Waals surface area contributed by atoms with E-state index >= 15 is 0 Å². The lowest BCUT2D eigenvalue weighted by atomic mass is 10.1. The maximum Gasteiger partial charge on any atom is 0.183 e. The van der Waals surface area contributed by atoms with Gasteiger partial charge in [-0.05, 0) is 113 Å². The number of nitriles is 1. The molecule has 1 N–H and O–H groups in total. The summed E-state index contributed by atoms with van der Waals surface area (Å²) in [5.74, 6) is 4.30. The number of halogens is 1. The molecule has 4 aromatic heterocycles. The molecular weight excluding hydrogens is 908 g/mol. The number of aromatic nitrogens is 4. The highest BCUT2D eigenvalue weighted by Gasteiger charge is 2.21. The van der Waals surface area contributed by atoms with Gasteiger partial charge in [0.05, 0.1) is 49.3 Å². The topological polar surface area (TPSA) is 143 Å². The molecular formula is C55H61ClN6O6S. The number of pyridine rings is 3.